The predicted octanol–water partition coefficient (Wildman–Crippen LogP) is 2.85. The smallest absolute Gasteiger partial charge is 0.258 e. The number of benzene rings is 2. The maximum Gasteiger partial charge on any atom is 0.258 e. The fourth-order valence-corrected chi connectivity index (χ4v) is 2.77. The summed E-state index contributed by atoms with van der Waals surface area (Å²) < 4.78 is 10.4. The average molecular weight is 285 g/mol. The lowest BCUT2D eigenvalue weighted by atomic mass is 10.1. The van der Waals surface area contributed by atoms with Crippen molar-refractivity contribution in [2.75, 3.05) is 38.4 Å². The topological polar surface area (TPSA) is 38.8 Å². The molecular formula is C17H19NO3. The zero-order valence-electron chi connectivity index (χ0n) is 12.2. The summed E-state index contributed by atoms with van der Waals surface area (Å²) in [6, 6.07) is 12.0. The molecule has 0 fully saturated rings. The molecule has 0 aromatic heterocycles. The Labute approximate surface area is 124 Å². The molecule has 0 unspecified atom stereocenters. The highest BCUT2D eigenvalue weighted by molar-refractivity contribution is 6.24. The monoisotopic (exact) mass is 285 g/mol. The van der Waals surface area contributed by atoms with Crippen LogP contribution in [0.3, 0.4) is 0 Å². The van der Waals surface area contributed by atoms with Crippen LogP contribution in [0.15, 0.2) is 36.4 Å². The van der Waals surface area contributed by atoms with Gasteiger partial charge >= 0.3 is 0 Å². The van der Waals surface area contributed by atoms with Crippen LogP contribution in [0.5, 0.6) is 0 Å². The normalized spacial score (nSPS) is 13.4. The van der Waals surface area contributed by atoms with Gasteiger partial charge in [0, 0.05) is 31.2 Å². The van der Waals surface area contributed by atoms with E-state index in [1.807, 2.05) is 41.3 Å². The van der Waals surface area contributed by atoms with Crippen LogP contribution >= 0.6 is 0 Å². The minimum Gasteiger partial charge on any atom is -0.382 e. The van der Waals surface area contributed by atoms with E-state index in [-0.39, 0.29) is 5.91 Å². The second-order valence-electron chi connectivity index (χ2n) is 5.10. The van der Waals surface area contributed by atoms with Crippen molar-refractivity contribution in [3.63, 3.8) is 0 Å². The molecule has 0 radical (unpaired) electrons. The Balaban J connectivity index is 1.69. The molecule has 1 heterocycles. The van der Waals surface area contributed by atoms with E-state index in [0.29, 0.717) is 26.4 Å². The summed E-state index contributed by atoms with van der Waals surface area (Å²) in [7, 11) is 1.66. The summed E-state index contributed by atoms with van der Waals surface area (Å²) in [5.74, 6) is 0.0960. The van der Waals surface area contributed by atoms with Gasteiger partial charge in [-0.1, -0.05) is 24.3 Å². The average Bonchev–Trinajstić information content (AvgIpc) is 2.79. The van der Waals surface area contributed by atoms with Gasteiger partial charge < -0.3 is 14.4 Å². The van der Waals surface area contributed by atoms with E-state index in [0.717, 1.165) is 28.4 Å². The number of carbonyl (C=O) groups is 1. The molecular weight excluding hydrogens is 266 g/mol. The second kappa shape index (κ2) is 6.24. The van der Waals surface area contributed by atoms with E-state index in [2.05, 4.69) is 0 Å². The molecule has 0 spiro atoms. The minimum atomic E-state index is 0.0960. The van der Waals surface area contributed by atoms with Crippen LogP contribution in [-0.4, -0.2) is 39.4 Å². The molecule has 2 aromatic rings. The van der Waals surface area contributed by atoms with Crippen LogP contribution in [0.4, 0.5) is 5.69 Å². The van der Waals surface area contributed by atoms with Gasteiger partial charge in [-0.15, -0.1) is 0 Å². The van der Waals surface area contributed by atoms with Crippen molar-refractivity contribution < 1.29 is 14.3 Å². The van der Waals surface area contributed by atoms with Gasteiger partial charge in [0.1, 0.15) is 0 Å². The first-order chi connectivity index (χ1) is 10.3. The first-order valence-corrected chi connectivity index (χ1v) is 7.23. The highest BCUT2D eigenvalue weighted by Crippen LogP contribution is 2.36. The van der Waals surface area contributed by atoms with Gasteiger partial charge in [-0.05, 0) is 23.9 Å². The van der Waals surface area contributed by atoms with Crippen LogP contribution in [0.2, 0.25) is 0 Å². The molecule has 1 aliphatic heterocycles. The first kappa shape index (κ1) is 14.0. The Morgan fingerprint density at radius 1 is 1.05 bits per heavy atom. The molecule has 0 saturated heterocycles. The van der Waals surface area contributed by atoms with Crippen molar-refractivity contribution in [3.05, 3.63) is 42.0 Å². The number of hydrogen-bond acceptors (Lipinski definition) is 3. The molecule has 4 heteroatoms. The summed E-state index contributed by atoms with van der Waals surface area (Å²) in [5.41, 5.74) is 1.83. The van der Waals surface area contributed by atoms with Gasteiger partial charge in [0.25, 0.3) is 5.91 Å². The van der Waals surface area contributed by atoms with Crippen molar-refractivity contribution in [1.29, 1.82) is 0 Å². The molecule has 3 rings (SSSR count). The molecule has 0 aliphatic carbocycles. The number of anilines is 1. The lowest BCUT2D eigenvalue weighted by Crippen LogP contribution is -2.28. The number of rotatable bonds is 7. The summed E-state index contributed by atoms with van der Waals surface area (Å²) >= 11 is 0. The van der Waals surface area contributed by atoms with Crippen LogP contribution in [-0.2, 0) is 9.47 Å². The maximum atomic E-state index is 12.5. The van der Waals surface area contributed by atoms with Crippen molar-refractivity contribution >= 4 is 22.4 Å². The number of hydrogen-bond donors (Lipinski definition) is 0. The van der Waals surface area contributed by atoms with Crippen LogP contribution in [0.25, 0.3) is 10.8 Å². The van der Waals surface area contributed by atoms with Gasteiger partial charge in [0.05, 0.1) is 18.9 Å². The summed E-state index contributed by atoms with van der Waals surface area (Å²) in [5, 5.41) is 2.20. The largest absolute Gasteiger partial charge is 0.382 e. The quantitative estimate of drug-likeness (QED) is 0.734. The molecule has 110 valence electrons. The van der Waals surface area contributed by atoms with Crippen LogP contribution < -0.4 is 4.90 Å². The summed E-state index contributed by atoms with van der Waals surface area (Å²) in [6.07, 6.45) is 0.819. The lowest BCUT2D eigenvalue weighted by molar-refractivity contribution is 0.0697. The third-order valence-electron chi connectivity index (χ3n) is 3.75. The molecule has 0 N–H and O–H groups in total. The summed E-state index contributed by atoms with van der Waals surface area (Å²) in [4.78, 5) is 14.4. The number of ether oxygens (including phenoxy) is 2. The Kier molecular flexibility index (Phi) is 4.18. The van der Waals surface area contributed by atoms with Crippen molar-refractivity contribution in [2.24, 2.45) is 0 Å². The zero-order valence-corrected chi connectivity index (χ0v) is 12.2. The van der Waals surface area contributed by atoms with Crippen LogP contribution in [0.1, 0.15) is 16.8 Å². The van der Waals surface area contributed by atoms with Crippen molar-refractivity contribution in [1.82, 2.24) is 0 Å². The minimum absolute atomic E-state index is 0.0960. The van der Waals surface area contributed by atoms with Gasteiger partial charge in [-0.2, -0.15) is 0 Å². The van der Waals surface area contributed by atoms with E-state index >= 15 is 0 Å². The fraction of sp³-hybridized carbons (Fsp3) is 0.353. The molecule has 0 saturated carbocycles. The first-order valence-electron chi connectivity index (χ1n) is 7.23. The number of methoxy groups -OCH3 is 1. The van der Waals surface area contributed by atoms with Crippen molar-refractivity contribution in [3.8, 4) is 0 Å². The highest BCUT2D eigenvalue weighted by atomic mass is 16.5. The van der Waals surface area contributed by atoms with Crippen LogP contribution in [0, 0.1) is 0 Å². The standard InChI is InChI=1S/C17H19NO3/c1-20-11-12-21-10-4-9-18-15-8-3-6-13-5-2-7-14(16(13)15)17(18)19/h2-3,5-8H,4,9-12H2,1H3. The van der Waals surface area contributed by atoms with Gasteiger partial charge in [0.2, 0.25) is 0 Å². The van der Waals surface area contributed by atoms with E-state index in [9.17, 15) is 4.79 Å². The van der Waals surface area contributed by atoms with Gasteiger partial charge in [-0.3, -0.25) is 4.79 Å². The Hall–Kier alpha value is -1.91. The van der Waals surface area contributed by atoms with Gasteiger partial charge in [-0.25, -0.2) is 0 Å². The predicted molar refractivity (Wildman–Crippen MR) is 82.9 cm³/mol. The fourth-order valence-electron chi connectivity index (χ4n) is 2.77. The molecule has 1 amide bonds. The molecule has 2 aromatic carbocycles. The lowest BCUT2D eigenvalue weighted by Gasteiger charge is -2.17. The SMILES string of the molecule is COCCOCCCN1C(=O)c2cccc3cccc1c23. The van der Waals surface area contributed by atoms with Crippen molar-refractivity contribution in [2.45, 2.75) is 6.42 Å². The van der Waals surface area contributed by atoms with E-state index in [4.69, 9.17) is 9.47 Å². The molecule has 0 atom stereocenters. The maximum absolute atomic E-state index is 12.5. The molecule has 0 bridgehead atoms. The second-order valence-corrected chi connectivity index (χ2v) is 5.10. The Morgan fingerprint density at radius 3 is 2.67 bits per heavy atom. The van der Waals surface area contributed by atoms with E-state index < -0.39 is 0 Å². The van der Waals surface area contributed by atoms with E-state index in [1.54, 1.807) is 7.11 Å². The highest BCUT2D eigenvalue weighted by Gasteiger charge is 2.28. The number of nitrogens with zero attached hydrogens (tertiary/aromatic N) is 1. The number of carbonyl (C=O) groups excluding carboxylic acids is 1. The molecule has 4 nitrogen and oxygen atoms in total. The van der Waals surface area contributed by atoms with E-state index in [1.165, 1.54) is 0 Å². The number of amides is 1. The molecule has 1 aliphatic rings. The zero-order chi connectivity index (χ0) is 14.7. The van der Waals surface area contributed by atoms with Gasteiger partial charge in [0.15, 0.2) is 0 Å². The Morgan fingerprint density at radius 2 is 1.86 bits per heavy atom. The third kappa shape index (κ3) is 2.64. The molecule has 21 heavy (non-hydrogen) atoms. The summed E-state index contributed by atoms with van der Waals surface area (Å²) in [6.45, 7) is 2.52. The Bertz CT molecular complexity index is 648. The third-order valence-corrected chi connectivity index (χ3v) is 3.75.